The maximum atomic E-state index is 12.5. The minimum absolute atomic E-state index is 0.148. The van der Waals surface area contributed by atoms with Gasteiger partial charge in [-0.15, -0.1) is 0 Å². The molecular weight excluding hydrogens is 308 g/mol. The second-order valence-corrected chi connectivity index (χ2v) is 5.49. The van der Waals surface area contributed by atoms with Gasteiger partial charge in [-0.1, -0.05) is 12.1 Å². The van der Waals surface area contributed by atoms with E-state index in [1.807, 2.05) is 12.1 Å². The standard InChI is InChI=1S/C18H18N2O4/c1-11-18(22)20(2)14-10-12(8-9-16(14)24-11)17(21)19-13-6-4-5-7-15(13)23-3/h4-11H,1-3H3,(H,19,21). The van der Waals surface area contributed by atoms with E-state index in [4.69, 9.17) is 9.47 Å². The first-order valence-corrected chi connectivity index (χ1v) is 7.54. The third-order valence-corrected chi connectivity index (χ3v) is 3.92. The molecule has 6 nitrogen and oxygen atoms in total. The monoisotopic (exact) mass is 326 g/mol. The molecule has 1 N–H and O–H groups in total. The number of methoxy groups -OCH3 is 1. The van der Waals surface area contributed by atoms with Gasteiger partial charge < -0.3 is 19.7 Å². The molecule has 0 aliphatic carbocycles. The van der Waals surface area contributed by atoms with Crippen molar-refractivity contribution in [1.29, 1.82) is 0 Å². The van der Waals surface area contributed by atoms with Crippen LogP contribution >= 0.6 is 0 Å². The number of anilines is 2. The Morgan fingerprint density at radius 2 is 2.00 bits per heavy atom. The van der Waals surface area contributed by atoms with Crippen LogP contribution in [0.1, 0.15) is 17.3 Å². The summed E-state index contributed by atoms with van der Waals surface area (Å²) in [7, 11) is 3.21. The highest BCUT2D eigenvalue weighted by Gasteiger charge is 2.29. The maximum Gasteiger partial charge on any atom is 0.267 e. The number of nitrogens with zero attached hydrogens (tertiary/aromatic N) is 1. The second kappa shape index (κ2) is 6.23. The Morgan fingerprint density at radius 3 is 2.75 bits per heavy atom. The fourth-order valence-corrected chi connectivity index (χ4v) is 2.60. The zero-order valence-corrected chi connectivity index (χ0v) is 13.7. The Balaban J connectivity index is 1.88. The lowest BCUT2D eigenvalue weighted by Crippen LogP contribution is -2.42. The third kappa shape index (κ3) is 2.78. The minimum atomic E-state index is -0.532. The number of fused-ring (bicyclic) bond motifs is 1. The molecule has 2 amide bonds. The molecule has 0 bridgehead atoms. The fraction of sp³-hybridized carbons (Fsp3) is 0.222. The van der Waals surface area contributed by atoms with Gasteiger partial charge in [-0.3, -0.25) is 9.59 Å². The summed E-state index contributed by atoms with van der Waals surface area (Å²) in [4.78, 5) is 26.0. The number of rotatable bonds is 3. The van der Waals surface area contributed by atoms with Crippen molar-refractivity contribution in [2.45, 2.75) is 13.0 Å². The Kier molecular flexibility index (Phi) is 4.12. The van der Waals surface area contributed by atoms with Gasteiger partial charge in [-0.05, 0) is 37.3 Å². The van der Waals surface area contributed by atoms with E-state index in [0.717, 1.165) is 0 Å². The molecule has 124 valence electrons. The first kappa shape index (κ1) is 15.9. The molecule has 2 aromatic rings. The molecule has 0 spiro atoms. The summed E-state index contributed by atoms with van der Waals surface area (Å²) in [6.45, 7) is 1.70. The molecule has 2 aromatic carbocycles. The Hall–Kier alpha value is -3.02. The van der Waals surface area contributed by atoms with E-state index in [0.29, 0.717) is 28.4 Å². The van der Waals surface area contributed by atoms with Crippen LogP contribution in [0, 0.1) is 0 Å². The Bertz CT molecular complexity index is 803. The molecule has 3 rings (SSSR count). The summed E-state index contributed by atoms with van der Waals surface area (Å²) in [5.41, 5.74) is 1.58. The van der Waals surface area contributed by atoms with E-state index in [9.17, 15) is 9.59 Å². The smallest absolute Gasteiger partial charge is 0.267 e. The highest BCUT2D eigenvalue weighted by atomic mass is 16.5. The molecule has 0 saturated carbocycles. The van der Waals surface area contributed by atoms with Crippen LogP contribution in [0.15, 0.2) is 42.5 Å². The molecule has 1 unspecified atom stereocenters. The molecule has 1 heterocycles. The molecule has 1 aliphatic heterocycles. The van der Waals surface area contributed by atoms with Gasteiger partial charge in [0.25, 0.3) is 11.8 Å². The number of ether oxygens (including phenoxy) is 2. The number of likely N-dealkylation sites (N-methyl/N-ethyl adjacent to an activating group) is 1. The normalized spacial score (nSPS) is 16.2. The van der Waals surface area contributed by atoms with Crippen molar-refractivity contribution in [3.8, 4) is 11.5 Å². The van der Waals surface area contributed by atoms with Crippen molar-refractivity contribution in [3.63, 3.8) is 0 Å². The number of hydrogen-bond acceptors (Lipinski definition) is 4. The second-order valence-electron chi connectivity index (χ2n) is 5.49. The van der Waals surface area contributed by atoms with E-state index < -0.39 is 6.10 Å². The van der Waals surface area contributed by atoms with Crippen LogP contribution in [0.2, 0.25) is 0 Å². The first-order chi connectivity index (χ1) is 11.5. The predicted octanol–water partition coefficient (Wildman–Crippen LogP) is 2.69. The van der Waals surface area contributed by atoms with E-state index in [-0.39, 0.29) is 11.8 Å². The van der Waals surface area contributed by atoms with Crippen molar-refractivity contribution < 1.29 is 19.1 Å². The van der Waals surface area contributed by atoms with Crippen LogP contribution in [0.25, 0.3) is 0 Å². The van der Waals surface area contributed by atoms with Crippen molar-refractivity contribution in [2.24, 2.45) is 0 Å². The van der Waals surface area contributed by atoms with Crippen LogP contribution in [-0.4, -0.2) is 32.1 Å². The zero-order valence-electron chi connectivity index (χ0n) is 13.7. The molecule has 0 aromatic heterocycles. The van der Waals surface area contributed by atoms with Crippen molar-refractivity contribution in [2.75, 3.05) is 24.4 Å². The summed E-state index contributed by atoms with van der Waals surface area (Å²) in [5.74, 6) is 0.721. The van der Waals surface area contributed by atoms with Crippen molar-refractivity contribution in [3.05, 3.63) is 48.0 Å². The molecule has 6 heteroatoms. The molecule has 0 fully saturated rings. The topological polar surface area (TPSA) is 67.9 Å². The molecular formula is C18H18N2O4. The zero-order chi connectivity index (χ0) is 17.3. The summed E-state index contributed by atoms with van der Waals surface area (Å²) < 4.78 is 10.8. The number of nitrogens with one attached hydrogen (secondary N) is 1. The molecule has 1 atom stereocenters. The van der Waals surface area contributed by atoms with Gasteiger partial charge in [-0.25, -0.2) is 0 Å². The quantitative estimate of drug-likeness (QED) is 0.941. The van der Waals surface area contributed by atoms with Crippen LogP contribution in [0.3, 0.4) is 0 Å². The largest absolute Gasteiger partial charge is 0.495 e. The number of amides is 2. The van der Waals surface area contributed by atoms with Crippen molar-refractivity contribution in [1.82, 2.24) is 0 Å². The summed E-state index contributed by atoms with van der Waals surface area (Å²) in [6, 6.07) is 12.2. The number of carbonyl (C=O) groups excluding carboxylic acids is 2. The van der Waals surface area contributed by atoms with E-state index >= 15 is 0 Å². The van der Waals surface area contributed by atoms with Gasteiger partial charge in [0.05, 0.1) is 18.5 Å². The fourth-order valence-electron chi connectivity index (χ4n) is 2.60. The lowest BCUT2D eigenvalue weighted by Gasteiger charge is -2.30. The van der Waals surface area contributed by atoms with Crippen LogP contribution < -0.4 is 19.7 Å². The average Bonchev–Trinajstić information content (AvgIpc) is 2.60. The van der Waals surface area contributed by atoms with Gasteiger partial charge in [-0.2, -0.15) is 0 Å². The van der Waals surface area contributed by atoms with Gasteiger partial charge in [0.15, 0.2) is 6.10 Å². The van der Waals surface area contributed by atoms with E-state index in [1.165, 1.54) is 4.90 Å². The van der Waals surface area contributed by atoms with Gasteiger partial charge in [0, 0.05) is 12.6 Å². The van der Waals surface area contributed by atoms with Gasteiger partial charge in [0.2, 0.25) is 0 Å². The SMILES string of the molecule is COc1ccccc1NC(=O)c1ccc2c(c1)N(C)C(=O)C(C)O2. The van der Waals surface area contributed by atoms with Gasteiger partial charge >= 0.3 is 0 Å². The summed E-state index contributed by atoms with van der Waals surface area (Å²) in [6.07, 6.45) is -0.532. The average molecular weight is 326 g/mol. The highest BCUT2D eigenvalue weighted by molar-refractivity contribution is 6.07. The molecule has 24 heavy (non-hydrogen) atoms. The Labute approximate surface area is 140 Å². The molecule has 1 aliphatic rings. The third-order valence-electron chi connectivity index (χ3n) is 3.92. The molecule has 0 saturated heterocycles. The minimum Gasteiger partial charge on any atom is -0.495 e. The number of hydrogen-bond donors (Lipinski definition) is 1. The highest BCUT2D eigenvalue weighted by Crippen LogP contribution is 2.34. The lowest BCUT2D eigenvalue weighted by molar-refractivity contribution is -0.125. The lowest BCUT2D eigenvalue weighted by atomic mass is 10.1. The predicted molar refractivity (Wildman–Crippen MR) is 90.9 cm³/mol. The van der Waals surface area contributed by atoms with E-state index in [1.54, 1.807) is 51.4 Å². The number of carbonyl (C=O) groups is 2. The van der Waals surface area contributed by atoms with Gasteiger partial charge in [0.1, 0.15) is 11.5 Å². The van der Waals surface area contributed by atoms with Crippen LogP contribution in [0.5, 0.6) is 11.5 Å². The van der Waals surface area contributed by atoms with Crippen molar-refractivity contribution >= 4 is 23.2 Å². The number of para-hydroxylation sites is 2. The number of benzene rings is 2. The maximum absolute atomic E-state index is 12.5. The van der Waals surface area contributed by atoms with Crippen LogP contribution in [0.4, 0.5) is 11.4 Å². The van der Waals surface area contributed by atoms with Crippen LogP contribution in [-0.2, 0) is 4.79 Å². The summed E-state index contributed by atoms with van der Waals surface area (Å²) in [5, 5.41) is 2.81. The summed E-state index contributed by atoms with van der Waals surface area (Å²) >= 11 is 0. The Morgan fingerprint density at radius 1 is 1.25 bits per heavy atom. The van der Waals surface area contributed by atoms with E-state index in [2.05, 4.69) is 5.32 Å². The first-order valence-electron chi connectivity index (χ1n) is 7.54. The molecule has 0 radical (unpaired) electrons.